The van der Waals surface area contributed by atoms with Crippen molar-refractivity contribution >= 4 is 23.1 Å². The van der Waals surface area contributed by atoms with E-state index in [0.717, 1.165) is 36.5 Å². The second-order valence-corrected chi connectivity index (χ2v) is 6.75. The molecule has 25 heavy (non-hydrogen) atoms. The standard InChI is InChI=1S/C17H17N5O2S/c1-11-19-17(24-21-11)12-2-3-15(18-8-12)22-6-4-14(9-22)20-16(23)13-5-7-25-10-13/h2-3,5,7-8,10,14H,4,6,9H2,1H3,(H,20,23)/t14-/m1/s1. The lowest BCUT2D eigenvalue weighted by Gasteiger charge is -2.18. The maximum atomic E-state index is 12.1. The predicted molar refractivity (Wildman–Crippen MR) is 94.7 cm³/mol. The summed E-state index contributed by atoms with van der Waals surface area (Å²) >= 11 is 1.53. The normalized spacial score (nSPS) is 17.0. The average molecular weight is 355 g/mol. The van der Waals surface area contributed by atoms with Crippen LogP contribution in [-0.4, -0.2) is 40.2 Å². The van der Waals surface area contributed by atoms with Gasteiger partial charge in [0.15, 0.2) is 5.82 Å². The van der Waals surface area contributed by atoms with E-state index in [-0.39, 0.29) is 11.9 Å². The number of carbonyl (C=O) groups excluding carboxylic acids is 1. The first-order valence-electron chi connectivity index (χ1n) is 8.04. The zero-order valence-electron chi connectivity index (χ0n) is 13.7. The number of hydrogen-bond donors (Lipinski definition) is 1. The van der Waals surface area contributed by atoms with E-state index in [2.05, 4.69) is 25.3 Å². The molecule has 1 atom stereocenters. The van der Waals surface area contributed by atoms with E-state index < -0.39 is 0 Å². The highest BCUT2D eigenvalue weighted by Gasteiger charge is 2.25. The second-order valence-electron chi connectivity index (χ2n) is 5.97. The summed E-state index contributed by atoms with van der Waals surface area (Å²) in [6.45, 7) is 3.39. The number of anilines is 1. The third-order valence-electron chi connectivity index (χ3n) is 4.15. The molecule has 128 valence electrons. The molecule has 0 spiro atoms. The second kappa shape index (κ2) is 6.64. The van der Waals surface area contributed by atoms with Crippen LogP contribution < -0.4 is 10.2 Å². The van der Waals surface area contributed by atoms with Crippen molar-refractivity contribution in [2.75, 3.05) is 18.0 Å². The van der Waals surface area contributed by atoms with Crippen molar-refractivity contribution in [3.05, 3.63) is 46.5 Å². The van der Waals surface area contributed by atoms with Crippen molar-refractivity contribution in [1.29, 1.82) is 0 Å². The highest BCUT2D eigenvalue weighted by molar-refractivity contribution is 7.08. The van der Waals surface area contributed by atoms with E-state index in [9.17, 15) is 4.79 Å². The van der Waals surface area contributed by atoms with Gasteiger partial charge in [-0.05, 0) is 36.9 Å². The van der Waals surface area contributed by atoms with Gasteiger partial charge in [-0.25, -0.2) is 4.98 Å². The molecule has 0 saturated carbocycles. The van der Waals surface area contributed by atoms with Gasteiger partial charge in [-0.3, -0.25) is 4.79 Å². The first-order chi connectivity index (χ1) is 12.2. The maximum Gasteiger partial charge on any atom is 0.259 e. The molecule has 1 amide bonds. The Hall–Kier alpha value is -2.74. The third kappa shape index (κ3) is 3.39. The molecule has 0 unspecified atom stereocenters. The lowest BCUT2D eigenvalue weighted by atomic mass is 10.2. The molecule has 8 heteroatoms. The van der Waals surface area contributed by atoms with Gasteiger partial charge in [0.25, 0.3) is 11.8 Å². The minimum Gasteiger partial charge on any atom is -0.354 e. The quantitative estimate of drug-likeness (QED) is 0.774. The lowest BCUT2D eigenvalue weighted by molar-refractivity contribution is 0.0941. The SMILES string of the molecule is Cc1noc(-c2ccc(N3CC[C@@H](NC(=O)c4ccsc4)C3)nc2)n1. The first kappa shape index (κ1) is 15.8. The van der Waals surface area contributed by atoms with Gasteiger partial charge in [0.1, 0.15) is 5.82 Å². The van der Waals surface area contributed by atoms with Gasteiger partial charge in [-0.1, -0.05) is 5.16 Å². The average Bonchev–Trinajstić information content (AvgIpc) is 3.36. The van der Waals surface area contributed by atoms with Crippen LogP contribution in [0.25, 0.3) is 11.5 Å². The number of nitrogens with zero attached hydrogens (tertiary/aromatic N) is 4. The zero-order chi connectivity index (χ0) is 17.2. The molecule has 0 aromatic carbocycles. The Bertz CT molecular complexity index is 860. The van der Waals surface area contributed by atoms with Gasteiger partial charge >= 0.3 is 0 Å². The highest BCUT2D eigenvalue weighted by atomic mass is 32.1. The predicted octanol–water partition coefficient (Wildman–Crippen LogP) is 2.51. The summed E-state index contributed by atoms with van der Waals surface area (Å²) in [4.78, 5) is 23.0. The molecular weight excluding hydrogens is 338 g/mol. The van der Waals surface area contributed by atoms with Gasteiger partial charge in [-0.15, -0.1) is 0 Å². The molecule has 0 radical (unpaired) electrons. The molecule has 1 N–H and O–H groups in total. The number of hydrogen-bond acceptors (Lipinski definition) is 7. The summed E-state index contributed by atoms with van der Waals surface area (Å²) in [5, 5.41) is 10.6. The van der Waals surface area contributed by atoms with Crippen molar-refractivity contribution in [1.82, 2.24) is 20.4 Å². The molecule has 0 aliphatic carbocycles. The minimum absolute atomic E-state index is 0.0110. The van der Waals surface area contributed by atoms with E-state index in [1.807, 2.05) is 29.0 Å². The lowest BCUT2D eigenvalue weighted by Crippen LogP contribution is -2.37. The summed E-state index contributed by atoms with van der Waals surface area (Å²) in [5.41, 5.74) is 1.52. The Labute approximate surface area is 148 Å². The molecule has 1 aliphatic rings. The zero-order valence-corrected chi connectivity index (χ0v) is 14.5. The highest BCUT2D eigenvalue weighted by Crippen LogP contribution is 2.22. The first-order valence-corrected chi connectivity index (χ1v) is 8.98. The number of aromatic nitrogens is 3. The van der Waals surface area contributed by atoms with Crippen LogP contribution in [0.2, 0.25) is 0 Å². The Morgan fingerprint density at radius 3 is 3.00 bits per heavy atom. The number of thiophene rings is 1. The van der Waals surface area contributed by atoms with Crippen molar-refractivity contribution in [2.24, 2.45) is 0 Å². The van der Waals surface area contributed by atoms with Crippen LogP contribution >= 0.6 is 11.3 Å². The van der Waals surface area contributed by atoms with Crippen LogP contribution in [0.15, 0.2) is 39.7 Å². The molecule has 4 rings (SSSR count). The molecular formula is C17H17N5O2S. The number of amides is 1. The van der Waals surface area contributed by atoms with Gasteiger partial charge in [0.2, 0.25) is 0 Å². The van der Waals surface area contributed by atoms with Crippen LogP contribution in [0.1, 0.15) is 22.6 Å². The van der Waals surface area contributed by atoms with Crippen LogP contribution in [0, 0.1) is 6.92 Å². The monoisotopic (exact) mass is 355 g/mol. The number of nitrogens with one attached hydrogen (secondary N) is 1. The van der Waals surface area contributed by atoms with E-state index in [4.69, 9.17) is 4.52 Å². The van der Waals surface area contributed by atoms with Crippen molar-refractivity contribution in [2.45, 2.75) is 19.4 Å². The Morgan fingerprint density at radius 1 is 1.40 bits per heavy atom. The van der Waals surface area contributed by atoms with Gasteiger partial charge in [-0.2, -0.15) is 16.3 Å². The Kier molecular flexibility index (Phi) is 4.19. The fourth-order valence-corrected chi connectivity index (χ4v) is 3.50. The van der Waals surface area contributed by atoms with E-state index in [0.29, 0.717) is 11.7 Å². The van der Waals surface area contributed by atoms with Gasteiger partial charge in [0, 0.05) is 36.3 Å². The number of aryl methyl sites for hydroxylation is 1. The van der Waals surface area contributed by atoms with Gasteiger partial charge in [0.05, 0.1) is 5.56 Å². The van der Waals surface area contributed by atoms with Crippen LogP contribution in [0.3, 0.4) is 0 Å². The summed E-state index contributed by atoms with van der Waals surface area (Å²) in [6, 6.07) is 5.84. The molecule has 7 nitrogen and oxygen atoms in total. The Balaban J connectivity index is 1.39. The van der Waals surface area contributed by atoms with Crippen molar-refractivity contribution in [3.8, 4) is 11.5 Å². The molecule has 1 fully saturated rings. The molecule has 1 saturated heterocycles. The third-order valence-corrected chi connectivity index (χ3v) is 4.84. The summed E-state index contributed by atoms with van der Waals surface area (Å²) < 4.78 is 5.15. The van der Waals surface area contributed by atoms with Crippen molar-refractivity contribution < 1.29 is 9.32 Å². The number of pyridine rings is 1. The molecule has 4 heterocycles. The maximum absolute atomic E-state index is 12.1. The Morgan fingerprint density at radius 2 is 2.32 bits per heavy atom. The van der Waals surface area contributed by atoms with Crippen molar-refractivity contribution in [3.63, 3.8) is 0 Å². The fourth-order valence-electron chi connectivity index (χ4n) is 2.86. The van der Waals surface area contributed by atoms with E-state index >= 15 is 0 Å². The van der Waals surface area contributed by atoms with Crippen LogP contribution in [0.4, 0.5) is 5.82 Å². The minimum atomic E-state index is -0.0110. The summed E-state index contributed by atoms with van der Waals surface area (Å²) in [5.74, 6) is 1.94. The number of carbonyl (C=O) groups is 1. The van der Waals surface area contributed by atoms with E-state index in [1.54, 1.807) is 13.1 Å². The number of rotatable bonds is 4. The smallest absolute Gasteiger partial charge is 0.259 e. The molecule has 3 aromatic rings. The van der Waals surface area contributed by atoms with E-state index in [1.165, 1.54) is 11.3 Å². The van der Waals surface area contributed by atoms with Gasteiger partial charge < -0.3 is 14.7 Å². The topological polar surface area (TPSA) is 84.2 Å². The molecule has 0 bridgehead atoms. The fraction of sp³-hybridized carbons (Fsp3) is 0.294. The van der Waals surface area contributed by atoms with Crippen LogP contribution in [0.5, 0.6) is 0 Å². The molecule has 3 aromatic heterocycles. The summed E-state index contributed by atoms with van der Waals surface area (Å²) in [6.07, 6.45) is 2.64. The summed E-state index contributed by atoms with van der Waals surface area (Å²) in [7, 11) is 0. The van der Waals surface area contributed by atoms with Crippen LogP contribution in [-0.2, 0) is 0 Å². The molecule has 1 aliphatic heterocycles. The largest absolute Gasteiger partial charge is 0.354 e.